The van der Waals surface area contributed by atoms with Crippen LogP contribution in [-0.2, 0) is 0 Å². The van der Waals surface area contributed by atoms with Crippen molar-refractivity contribution in [2.45, 2.75) is 0 Å². The fourth-order valence-electron chi connectivity index (χ4n) is 1.20. The van der Waals surface area contributed by atoms with E-state index in [4.69, 9.17) is 11.6 Å². The Bertz CT molecular complexity index is 548. The van der Waals surface area contributed by atoms with Gasteiger partial charge in [0.1, 0.15) is 11.5 Å². The zero-order chi connectivity index (χ0) is 12.3. The standard InChI is InChI=1S/C11H7ClFN3O/c12-7-1-2-8(13)9(5-7)16-11(17)10-6-14-3-4-15-10/h1-6H,(H,16,17). The summed E-state index contributed by atoms with van der Waals surface area (Å²) in [4.78, 5) is 19.2. The number of aromatic nitrogens is 2. The van der Waals surface area contributed by atoms with Crippen molar-refractivity contribution >= 4 is 23.2 Å². The van der Waals surface area contributed by atoms with E-state index in [0.717, 1.165) is 0 Å². The number of hydrogen-bond donors (Lipinski definition) is 1. The quantitative estimate of drug-likeness (QED) is 0.892. The second-order valence-corrected chi connectivity index (χ2v) is 3.61. The van der Waals surface area contributed by atoms with Crippen LogP contribution in [0.4, 0.5) is 10.1 Å². The molecule has 0 saturated heterocycles. The topological polar surface area (TPSA) is 54.9 Å². The van der Waals surface area contributed by atoms with Gasteiger partial charge in [0.05, 0.1) is 11.9 Å². The highest BCUT2D eigenvalue weighted by Gasteiger charge is 2.10. The summed E-state index contributed by atoms with van der Waals surface area (Å²) in [5, 5.41) is 2.70. The molecule has 6 heteroatoms. The van der Waals surface area contributed by atoms with Gasteiger partial charge in [0.2, 0.25) is 0 Å². The number of nitrogens with one attached hydrogen (secondary N) is 1. The Labute approximate surface area is 101 Å². The van der Waals surface area contributed by atoms with Crippen LogP contribution in [0.5, 0.6) is 0 Å². The molecule has 1 heterocycles. The van der Waals surface area contributed by atoms with Crippen molar-refractivity contribution in [3.8, 4) is 0 Å². The minimum atomic E-state index is -0.563. The molecule has 0 spiro atoms. The molecule has 17 heavy (non-hydrogen) atoms. The largest absolute Gasteiger partial charge is 0.318 e. The van der Waals surface area contributed by atoms with Gasteiger partial charge in [-0.3, -0.25) is 9.78 Å². The summed E-state index contributed by atoms with van der Waals surface area (Å²) < 4.78 is 13.3. The molecule has 4 nitrogen and oxygen atoms in total. The highest BCUT2D eigenvalue weighted by atomic mass is 35.5. The Morgan fingerprint density at radius 2 is 2.18 bits per heavy atom. The molecule has 1 aromatic heterocycles. The Balaban J connectivity index is 2.22. The van der Waals surface area contributed by atoms with Gasteiger partial charge in [0, 0.05) is 17.4 Å². The van der Waals surface area contributed by atoms with E-state index < -0.39 is 11.7 Å². The van der Waals surface area contributed by atoms with Gasteiger partial charge in [0.15, 0.2) is 0 Å². The third kappa shape index (κ3) is 2.76. The molecule has 1 N–H and O–H groups in total. The van der Waals surface area contributed by atoms with E-state index in [2.05, 4.69) is 15.3 Å². The van der Waals surface area contributed by atoms with Crippen molar-refractivity contribution in [2.24, 2.45) is 0 Å². The van der Waals surface area contributed by atoms with Gasteiger partial charge in [-0.05, 0) is 18.2 Å². The number of nitrogens with zero attached hydrogens (tertiary/aromatic N) is 2. The van der Waals surface area contributed by atoms with Crippen LogP contribution in [0.2, 0.25) is 5.02 Å². The molecule has 0 aliphatic rings. The Hall–Kier alpha value is -2.01. The maximum atomic E-state index is 13.3. The fraction of sp³-hybridized carbons (Fsp3) is 0. The number of amides is 1. The van der Waals surface area contributed by atoms with Gasteiger partial charge in [0.25, 0.3) is 5.91 Å². The molecule has 0 aliphatic carbocycles. The zero-order valence-electron chi connectivity index (χ0n) is 8.52. The van der Waals surface area contributed by atoms with Crippen LogP contribution in [0.15, 0.2) is 36.8 Å². The number of carbonyl (C=O) groups excluding carboxylic acids is 1. The van der Waals surface area contributed by atoms with Crippen LogP contribution in [0, 0.1) is 5.82 Å². The van der Waals surface area contributed by atoms with Gasteiger partial charge >= 0.3 is 0 Å². The summed E-state index contributed by atoms with van der Waals surface area (Å²) in [5.74, 6) is -1.11. The van der Waals surface area contributed by atoms with Crippen molar-refractivity contribution in [1.29, 1.82) is 0 Å². The number of hydrogen-bond acceptors (Lipinski definition) is 3. The zero-order valence-corrected chi connectivity index (χ0v) is 9.28. The molecule has 0 atom stereocenters. The van der Waals surface area contributed by atoms with E-state index in [1.165, 1.54) is 36.8 Å². The molecule has 0 unspecified atom stereocenters. The summed E-state index contributed by atoms with van der Waals surface area (Å²) in [6.45, 7) is 0. The molecular weight excluding hydrogens is 245 g/mol. The Morgan fingerprint density at radius 1 is 1.35 bits per heavy atom. The SMILES string of the molecule is O=C(Nc1cc(Cl)ccc1F)c1cnccn1. The monoisotopic (exact) mass is 251 g/mol. The summed E-state index contributed by atoms with van der Waals surface area (Å²) in [6.07, 6.45) is 4.11. The second-order valence-electron chi connectivity index (χ2n) is 3.17. The van der Waals surface area contributed by atoms with Gasteiger partial charge in [-0.25, -0.2) is 9.37 Å². The maximum absolute atomic E-state index is 13.3. The van der Waals surface area contributed by atoms with Crippen molar-refractivity contribution in [2.75, 3.05) is 5.32 Å². The summed E-state index contributed by atoms with van der Waals surface area (Å²) in [7, 11) is 0. The maximum Gasteiger partial charge on any atom is 0.275 e. The lowest BCUT2D eigenvalue weighted by Gasteiger charge is -2.05. The number of benzene rings is 1. The number of rotatable bonds is 2. The van der Waals surface area contributed by atoms with Gasteiger partial charge < -0.3 is 5.32 Å². The van der Waals surface area contributed by atoms with Crippen LogP contribution < -0.4 is 5.32 Å². The van der Waals surface area contributed by atoms with E-state index in [1.54, 1.807) is 0 Å². The average Bonchev–Trinajstić information content (AvgIpc) is 2.35. The van der Waals surface area contributed by atoms with Crippen molar-refractivity contribution in [3.63, 3.8) is 0 Å². The van der Waals surface area contributed by atoms with Crippen LogP contribution in [-0.4, -0.2) is 15.9 Å². The predicted molar refractivity (Wildman–Crippen MR) is 61.4 cm³/mol. The molecule has 0 aliphatic heterocycles. The Kier molecular flexibility index (Phi) is 3.30. The summed E-state index contributed by atoms with van der Waals surface area (Å²) in [5.41, 5.74) is 0.111. The molecule has 2 aromatic rings. The third-order valence-corrected chi connectivity index (χ3v) is 2.21. The first kappa shape index (κ1) is 11.5. The smallest absolute Gasteiger partial charge is 0.275 e. The molecule has 1 aromatic carbocycles. The first-order valence-corrected chi connectivity index (χ1v) is 5.07. The molecule has 86 valence electrons. The first-order valence-electron chi connectivity index (χ1n) is 4.69. The molecule has 0 radical (unpaired) electrons. The van der Waals surface area contributed by atoms with E-state index in [9.17, 15) is 9.18 Å². The molecule has 0 fully saturated rings. The minimum absolute atomic E-state index is 0.00755. The van der Waals surface area contributed by atoms with E-state index >= 15 is 0 Å². The van der Waals surface area contributed by atoms with E-state index in [0.29, 0.717) is 5.02 Å². The number of carbonyl (C=O) groups is 1. The Morgan fingerprint density at radius 3 is 2.88 bits per heavy atom. The molecule has 2 rings (SSSR count). The van der Waals surface area contributed by atoms with E-state index in [1.807, 2.05) is 0 Å². The fourth-order valence-corrected chi connectivity index (χ4v) is 1.37. The lowest BCUT2D eigenvalue weighted by Crippen LogP contribution is -2.14. The number of halogens is 2. The summed E-state index contributed by atoms with van der Waals surface area (Å²) >= 11 is 5.70. The van der Waals surface area contributed by atoms with Crippen molar-refractivity contribution in [3.05, 3.63) is 53.3 Å². The van der Waals surface area contributed by atoms with Crippen LogP contribution in [0.1, 0.15) is 10.5 Å². The molecule has 1 amide bonds. The van der Waals surface area contributed by atoms with Gasteiger partial charge in [-0.2, -0.15) is 0 Å². The first-order chi connectivity index (χ1) is 8.16. The minimum Gasteiger partial charge on any atom is -0.318 e. The lowest BCUT2D eigenvalue weighted by molar-refractivity contribution is 0.102. The van der Waals surface area contributed by atoms with Crippen LogP contribution in [0.25, 0.3) is 0 Å². The predicted octanol–water partition coefficient (Wildman–Crippen LogP) is 2.52. The molecule has 0 saturated carbocycles. The highest BCUT2D eigenvalue weighted by Crippen LogP contribution is 2.19. The normalized spacial score (nSPS) is 10.0. The van der Waals surface area contributed by atoms with E-state index in [-0.39, 0.29) is 11.4 Å². The number of anilines is 1. The second kappa shape index (κ2) is 4.88. The van der Waals surface area contributed by atoms with Gasteiger partial charge in [-0.15, -0.1) is 0 Å². The van der Waals surface area contributed by atoms with Crippen molar-refractivity contribution < 1.29 is 9.18 Å². The van der Waals surface area contributed by atoms with Crippen molar-refractivity contribution in [1.82, 2.24) is 9.97 Å². The summed E-state index contributed by atoms with van der Waals surface area (Å²) in [6, 6.07) is 3.90. The highest BCUT2D eigenvalue weighted by molar-refractivity contribution is 6.31. The molecule has 0 bridgehead atoms. The van der Waals surface area contributed by atoms with Crippen LogP contribution >= 0.6 is 11.6 Å². The average molecular weight is 252 g/mol. The van der Waals surface area contributed by atoms with Crippen LogP contribution in [0.3, 0.4) is 0 Å². The molecular formula is C11H7ClFN3O. The third-order valence-electron chi connectivity index (χ3n) is 1.97. The lowest BCUT2D eigenvalue weighted by atomic mass is 10.3. The van der Waals surface area contributed by atoms with Gasteiger partial charge in [-0.1, -0.05) is 11.6 Å².